The molecule has 2 aliphatic carbocycles. The van der Waals surface area contributed by atoms with Crippen LogP contribution in [-0.2, 0) is 9.53 Å². The Kier molecular flexibility index (Phi) is 0.982. The van der Waals surface area contributed by atoms with Crippen LogP contribution in [0.5, 0.6) is 0 Å². The van der Waals surface area contributed by atoms with Gasteiger partial charge in [-0.25, -0.2) is 0 Å². The van der Waals surface area contributed by atoms with E-state index in [0.29, 0.717) is 11.8 Å². The Hall–Kier alpha value is -1.04. The van der Waals surface area contributed by atoms with E-state index in [1.165, 1.54) is 0 Å². The lowest BCUT2D eigenvalue weighted by atomic mass is 9.81. The highest BCUT2D eigenvalue weighted by Gasteiger charge is 2.62. The second-order valence-electron chi connectivity index (χ2n) is 4.05. The van der Waals surface area contributed by atoms with Gasteiger partial charge in [-0.1, -0.05) is 0 Å². The summed E-state index contributed by atoms with van der Waals surface area (Å²) < 4.78 is 5.18. The molecular formula is C9H9NO2. The second kappa shape index (κ2) is 1.82. The molecule has 2 saturated carbocycles. The summed E-state index contributed by atoms with van der Waals surface area (Å²) in [7, 11) is 0. The van der Waals surface area contributed by atoms with Crippen LogP contribution in [0, 0.1) is 35.0 Å². The van der Waals surface area contributed by atoms with Gasteiger partial charge in [-0.2, -0.15) is 5.26 Å². The van der Waals surface area contributed by atoms with Crippen LogP contribution in [0.3, 0.4) is 0 Å². The molecule has 3 heteroatoms. The number of hydrogen-bond donors (Lipinski definition) is 0. The first-order valence-corrected chi connectivity index (χ1v) is 4.41. The third-order valence-corrected chi connectivity index (χ3v) is 3.63. The first-order valence-electron chi connectivity index (χ1n) is 4.41. The second-order valence-corrected chi connectivity index (χ2v) is 4.05. The Morgan fingerprint density at radius 1 is 1.50 bits per heavy atom. The summed E-state index contributed by atoms with van der Waals surface area (Å²) in [4.78, 5) is 11.3. The van der Waals surface area contributed by atoms with Crippen molar-refractivity contribution in [3.05, 3.63) is 0 Å². The largest absolute Gasteiger partial charge is 0.462 e. The number of fused-ring (bicyclic) bond motifs is 1. The molecule has 0 aromatic rings. The fourth-order valence-electron chi connectivity index (χ4n) is 3.17. The van der Waals surface area contributed by atoms with Crippen LogP contribution in [0.1, 0.15) is 12.8 Å². The van der Waals surface area contributed by atoms with E-state index < -0.39 is 0 Å². The van der Waals surface area contributed by atoms with E-state index in [0.717, 1.165) is 12.8 Å². The molecular weight excluding hydrogens is 154 g/mol. The minimum Gasteiger partial charge on any atom is -0.462 e. The van der Waals surface area contributed by atoms with E-state index in [-0.39, 0.29) is 23.9 Å². The lowest BCUT2D eigenvalue weighted by Crippen LogP contribution is -2.24. The molecule has 62 valence electrons. The fraction of sp³-hybridized carbons (Fsp3) is 0.778. The lowest BCUT2D eigenvalue weighted by Gasteiger charge is -2.17. The van der Waals surface area contributed by atoms with Gasteiger partial charge < -0.3 is 4.74 Å². The van der Waals surface area contributed by atoms with Crippen molar-refractivity contribution in [2.75, 3.05) is 0 Å². The van der Waals surface area contributed by atoms with E-state index in [4.69, 9.17) is 10.00 Å². The molecule has 0 aromatic carbocycles. The van der Waals surface area contributed by atoms with Crippen LogP contribution >= 0.6 is 0 Å². The molecule has 3 rings (SSSR count). The first kappa shape index (κ1) is 6.47. The summed E-state index contributed by atoms with van der Waals surface area (Å²) in [6.45, 7) is 0. The van der Waals surface area contributed by atoms with Crippen LogP contribution in [0.2, 0.25) is 0 Å². The quantitative estimate of drug-likeness (QED) is 0.494. The zero-order valence-electron chi connectivity index (χ0n) is 6.56. The van der Waals surface area contributed by atoms with Gasteiger partial charge in [0.2, 0.25) is 0 Å². The molecule has 3 nitrogen and oxygen atoms in total. The van der Waals surface area contributed by atoms with E-state index in [1.54, 1.807) is 0 Å². The summed E-state index contributed by atoms with van der Waals surface area (Å²) in [6.07, 6.45) is 2.14. The molecule has 0 N–H and O–H groups in total. The number of nitriles is 1. The van der Waals surface area contributed by atoms with Gasteiger partial charge in [-0.15, -0.1) is 0 Å². The molecule has 12 heavy (non-hydrogen) atoms. The van der Waals surface area contributed by atoms with Gasteiger partial charge in [0.05, 0.1) is 17.9 Å². The SMILES string of the molecule is N#CC1C2CC3OC(=O)C1C3C2. The van der Waals surface area contributed by atoms with Crippen molar-refractivity contribution in [1.29, 1.82) is 5.26 Å². The Morgan fingerprint density at radius 3 is 3.08 bits per heavy atom. The predicted molar refractivity (Wildman–Crippen MR) is 38.7 cm³/mol. The van der Waals surface area contributed by atoms with Gasteiger partial charge in [0.25, 0.3) is 0 Å². The van der Waals surface area contributed by atoms with Gasteiger partial charge in [0.15, 0.2) is 0 Å². The third kappa shape index (κ3) is 0.523. The topological polar surface area (TPSA) is 50.1 Å². The summed E-state index contributed by atoms with van der Waals surface area (Å²) >= 11 is 0. The first-order chi connectivity index (χ1) is 5.81. The molecule has 2 bridgehead atoms. The number of nitrogens with zero attached hydrogens (tertiary/aromatic N) is 1. The average molecular weight is 163 g/mol. The molecule has 0 amide bonds. The minimum absolute atomic E-state index is 0.0405. The van der Waals surface area contributed by atoms with Gasteiger partial charge in [-0.05, 0) is 18.8 Å². The van der Waals surface area contributed by atoms with Crippen molar-refractivity contribution in [3.8, 4) is 6.07 Å². The normalized spacial score (nSPS) is 53.9. The Bertz CT molecular complexity index is 291. The Morgan fingerprint density at radius 2 is 2.33 bits per heavy atom. The number of rotatable bonds is 0. The molecule has 5 atom stereocenters. The van der Waals surface area contributed by atoms with Gasteiger partial charge >= 0.3 is 5.97 Å². The van der Waals surface area contributed by atoms with Crippen LogP contribution in [0.25, 0.3) is 0 Å². The molecule has 0 spiro atoms. The van der Waals surface area contributed by atoms with Crippen molar-refractivity contribution >= 4 is 5.97 Å². The van der Waals surface area contributed by atoms with Gasteiger partial charge in [0, 0.05) is 5.92 Å². The number of carbonyl (C=O) groups excluding carboxylic acids is 1. The minimum atomic E-state index is -0.114. The summed E-state index contributed by atoms with van der Waals surface area (Å²) in [5.74, 6) is 0.602. The molecule has 1 aliphatic heterocycles. The summed E-state index contributed by atoms with van der Waals surface area (Å²) in [5, 5.41) is 8.87. The van der Waals surface area contributed by atoms with Crippen molar-refractivity contribution in [1.82, 2.24) is 0 Å². The van der Waals surface area contributed by atoms with Crippen LogP contribution in [0.4, 0.5) is 0 Å². The van der Waals surface area contributed by atoms with Crippen molar-refractivity contribution in [2.24, 2.45) is 23.7 Å². The van der Waals surface area contributed by atoms with Crippen LogP contribution in [0.15, 0.2) is 0 Å². The standard InChI is InChI=1S/C9H9NO2/c10-3-6-4-1-5-7(2-4)12-9(11)8(5)6/h4-8H,1-2H2. The molecule has 1 saturated heterocycles. The molecule has 0 aromatic heterocycles. The fourth-order valence-corrected chi connectivity index (χ4v) is 3.17. The number of carbonyl (C=O) groups is 1. The number of hydrogen-bond acceptors (Lipinski definition) is 3. The zero-order valence-corrected chi connectivity index (χ0v) is 6.56. The maximum absolute atomic E-state index is 11.3. The lowest BCUT2D eigenvalue weighted by molar-refractivity contribution is -0.143. The van der Waals surface area contributed by atoms with E-state index in [9.17, 15) is 4.79 Å². The maximum Gasteiger partial charge on any atom is 0.310 e. The third-order valence-electron chi connectivity index (χ3n) is 3.63. The van der Waals surface area contributed by atoms with E-state index in [2.05, 4.69) is 6.07 Å². The van der Waals surface area contributed by atoms with Gasteiger partial charge in [0.1, 0.15) is 6.10 Å². The van der Waals surface area contributed by atoms with Crippen LogP contribution < -0.4 is 0 Å². The average Bonchev–Trinajstić information content (AvgIpc) is 2.61. The van der Waals surface area contributed by atoms with E-state index in [1.807, 2.05) is 0 Å². The number of esters is 1. The smallest absolute Gasteiger partial charge is 0.310 e. The Labute approximate surface area is 70.3 Å². The predicted octanol–water partition coefficient (Wildman–Crippen LogP) is 0.708. The molecule has 3 fully saturated rings. The highest BCUT2D eigenvalue weighted by atomic mass is 16.6. The summed E-state index contributed by atoms with van der Waals surface area (Å²) in [5.41, 5.74) is 0. The maximum atomic E-state index is 11.3. The van der Waals surface area contributed by atoms with E-state index >= 15 is 0 Å². The van der Waals surface area contributed by atoms with Crippen LogP contribution in [-0.4, -0.2) is 12.1 Å². The van der Waals surface area contributed by atoms with Crippen molar-refractivity contribution < 1.29 is 9.53 Å². The highest BCUT2D eigenvalue weighted by Crippen LogP contribution is 2.57. The molecule has 0 radical (unpaired) electrons. The Balaban J connectivity index is 2.05. The highest BCUT2D eigenvalue weighted by molar-refractivity contribution is 5.77. The molecule has 3 aliphatic rings. The summed E-state index contributed by atoms with van der Waals surface area (Å²) in [6, 6.07) is 2.25. The molecule has 1 heterocycles. The number of ether oxygens (including phenoxy) is 1. The monoisotopic (exact) mass is 163 g/mol. The van der Waals surface area contributed by atoms with Crippen molar-refractivity contribution in [2.45, 2.75) is 18.9 Å². The van der Waals surface area contributed by atoms with Gasteiger partial charge in [-0.3, -0.25) is 4.79 Å². The van der Waals surface area contributed by atoms with Crippen molar-refractivity contribution in [3.63, 3.8) is 0 Å². The zero-order chi connectivity index (χ0) is 8.29. The molecule has 5 unspecified atom stereocenters.